The molecule has 0 spiro atoms. The fourth-order valence-corrected chi connectivity index (χ4v) is 5.75. The molecular weight excluding hydrogens is 486 g/mol. The molecule has 1 aliphatic rings. The van der Waals surface area contributed by atoms with E-state index in [0.29, 0.717) is 23.7 Å². The van der Waals surface area contributed by atoms with Crippen LogP contribution in [0.5, 0.6) is 5.75 Å². The second-order valence-corrected chi connectivity index (χ2v) is 10.9. The van der Waals surface area contributed by atoms with E-state index < -0.39 is 23.5 Å². The highest BCUT2D eigenvalue weighted by atomic mass is 32.2. The summed E-state index contributed by atoms with van der Waals surface area (Å²) in [6.45, 7) is 5.90. The lowest BCUT2D eigenvalue weighted by Gasteiger charge is -2.29. The van der Waals surface area contributed by atoms with Crippen molar-refractivity contribution in [2.45, 2.75) is 39.0 Å². The number of aromatic amines is 1. The third-order valence-electron chi connectivity index (χ3n) is 6.09. The number of aromatic nitrogens is 2. The van der Waals surface area contributed by atoms with Gasteiger partial charge >= 0.3 is 5.97 Å². The van der Waals surface area contributed by atoms with Crippen LogP contribution in [0.25, 0.3) is 10.9 Å². The maximum absolute atomic E-state index is 13.9. The molecule has 2 aromatic heterocycles. The van der Waals surface area contributed by atoms with Gasteiger partial charge in [0.1, 0.15) is 24.0 Å². The highest BCUT2D eigenvalue weighted by Crippen LogP contribution is 2.40. The van der Waals surface area contributed by atoms with Gasteiger partial charge in [-0.1, -0.05) is 42.5 Å². The largest absolute Gasteiger partial charge is 0.487 e. The number of pyridine rings is 1. The molecule has 1 N–H and O–H groups in total. The van der Waals surface area contributed by atoms with Crippen LogP contribution in [0.1, 0.15) is 36.7 Å². The average Bonchev–Trinajstić information content (AvgIpc) is 3.53. The molecule has 0 amide bonds. The fourth-order valence-electron chi connectivity index (χ4n) is 4.44. The second-order valence-electron chi connectivity index (χ2n) is 9.94. The third-order valence-corrected chi connectivity index (χ3v) is 7.32. The van der Waals surface area contributed by atoms with Crippen LogP contribution in [-0.4, -0.2) is 39.1 Å². The normalized spacial score (nSPS) is 17.6. The van der Waals surface area contributed by atoms with E-state index in [1.807, 2.05) is 85.7 Å². The number of benzene rings is 2. The number of hydrogen-bond donors (Lipinski definition) is 1. The van der Waals surface area contributed by atoms with Crippen molar-refractivity contribution < 1.29 is 19.1 Å². The van der Waals surface area contributed by atoms with Crippen LogP contribution in [0.4, 0.5) is 5.69 Å². The minimum absolute atomic E-state index is 0.110. The van der Waals surface area contributed by atoms with Crippen LogP contribution in [0, 0.1) is 5.92 Å². The van der Waals surface area contributed by atoms with E-state index in [9.17, 15) is 9.59 Å². The van der Waals surface area contributed by atoms with Crippen molar-refractivity contribution in [3.63, 3.8) is 0 Å². The maximum atomic E-state index is 13.9. The summed E-state index contributed by atoms with van der Waals surface area (Å²) in [6, 6.07) is 18.5. The molecule has 37 heavy (non-hydrogen) atoms. The van der Waals surface area contributed by atoms with Gasteiger partial charge in [-0.25, -0.2) is 4.79 Å². The van der Waals surface area contributed by atoms with Crippen molar-refractivity contribution >= 4 is 40.3 Å². The second kappa shape index (κ2) is 10.3. The van der Waals surface area contributed by atoms with Crippen LogP contribution in [0.2, 0.25) is 0 Å². The molecule has 0 radical (unpaired) electrons. The molecule has 1 fully saturated rings. The van der Waals surface area contributed by atoms with Crippen LogP contribution >= 0.6 is 11.9 Å². The van der Waals surface area contributed by atoms with Crippen molar-refractivity contribution in [1.29, 1.82) is 0 Å². The smallest absolute Gasteiger partial charge is 0.331 e. The Hall–Kier alpha value is -3.78. The number of Topliss-reactive ketones (excluding diaryl/α,β-unsaturated/α-hetero) is 1. The van der Waals surface area contributed by atoms with Gasteiger partial charge in [-0.3, -0.25) is 14.1 Å². The van der Waals surface area contributed by atoms with Gasteiger partial charge in [0.05, 0.1) is 23.3 Å². The Morgan fingerprint density at radius 2 is 1.89 bits per heavy atom. The lowest BCUT2D eigenvalue weighted by atomic mass is 9.91. The van der Waals surface area contributed by atoms with E-state index in [1.54, 1.807) is 18.6 Å². The number of para-hydroxylation sites is 1. The number of nitrogens with zero attached hydrogens (tertiary/aromatic N) is 2. The fraction of sp³-hybridized carbons (Fsp3) is 0.276. The Morgan fingerprint density at radius 3 is 2.62 bits per heavy atom. The molecule has 0 saturated carbocycles. The highest BCUT2D eigenvalue weighted by Gasteiger charge is 2.47. The molecule has 1 aliphatic heterocycles. The first-order valence-electron chi connectivity index (χ1n) is 12.2. The van der Waals surface area contributed by atoms with Gasteiger partial charge in [-0.05, 0) is 56.5 Å². The van der Waals surface area contributed by atoms with Gasteiger partial charge in [0.25, 0.3) is 0 Å². The standard InChI is InChI=1S/C29H29N3O4S/c1-29(2,3)36-28(34)26-23(18-37-32(26)20-11-8-14-30-15-20)27(33)22-16-31-25-21(22)12-7-13-24(25)35-17-19-9-5-4-6-10-19/h4-16,23,26,31H,17-18H2,1-3H3. The highest BCUT2D eigenvalue weighted by molar-refractivity contribution is 8.01. The molecule has 0 aliphatic carbocycles. The SMILES string of the molecule is CC(C)(C)OC(=O)C1C(C(=O)c2c[nH]c3c(OCc4ccccc4)cccc23)CSN1c1cccnc1. The number of rotatable bonds is 7. The molecular formula is C29H29N3O4S. The number of nitrogens with one attached hydrogen (secondary N) is 1. The van der Waals surface area contributed by atoms with E-state index in [4.69, 9.17) is 9.47 Å². The average molecular weight is 516 g/mol. The van der Waals surface area contributed by atoms with E-state index in [2.05, 4.69) is 9.97 Å². The summed E-state index contributed by atoms with van der Waals surface area (Å²) in [4.78, 5) is 34.8. The molecule has 190 valence electrons. The lowest BCUT2D eigenvalue weighted by Crippen LogP contribution is -2.44. The number of esters is 1. The first-order valence-corrected chi connectivity index (χ1v) is 13.1. The Kier molecular flexibility index (Phi) is 6.93. The number of fused-ring (bicyclic) bond motifs is 1. The molecule has 2 aromatic carbocycles. The number of carbonyl (C=O) groups excluding carboxylic acids is 2. The molecule has 8 heteroatoms. The van der Waals surface area contributed by atoms with Crippen LogP contribution in [0.3, 0.4) is 0 Å². The van der Waals surface area contributed by atoms with Gasteiger partial charge in [-0.2, -0.15) is 0 Å². The molecule has 2 unspecified atom stereocenters. The predicted octanol–water partition coefficient (Wildman–Crippen LogP) is 5.82. The Bertz CT molecular complexity index is 1400. The summed E-state index contributed by atoms with van der Waals surface area (Å²) in [5, 5.41) is 0.767. The first-order chi connectivity index (χ1) is 17.8. The van der Waals surface area contributed by atoms with E-state index in [1.165, 1.54) is 11.9 Å². The monoisotopic (exact) mass is 515 g/mol. The predicted molar refractivity (Wildman–Crippen MR) is 146 cm³/mol. The number of carbonyl (C=O) groups is 2. The summed E-state index contributed by atoms with van der Waals surface area (Å²) < 4.78 is 13.7. The molecule has 7 nitrogen and oxygen atoms in total. The topological polar surface area (TPSA) is 84.5 Å². The number of ether oxygens (including phenoxy) is 2. The van der Waals surface area contributed by atoms with Gasteiger partial charge < -0.3 is 14.5 Å². The summed E-state index contributed by atoms with van der Waals surface area (Å²) in [5.41, 5.74) is 2.43. The molecule has 2 atom stereocenters. The number of hydrogen-bond acceptors (Lipinski definition) is 7. The van der Waals surface area contributed by atoms with Gasteiger partial charge in [0.15, 0.2) is 5.78 Å². The van der Waals surface area contributed by atoms with Crippen molar-refractivity contribution in [1.82, 2.24) is 9.97 Å². The Morgan fingerprint density at radius 1 is 1.08 bits per heavy atom. The quantitative estimate of drug-likeness (QED) is 0.189. The maximum Gasteiger partial charge on any atom is 0.331 e. The summed E-state index contributed by atoms with van der Waals surface area (Å²) >= 11 is 1.44. The summed E-state index contributed by atoms with van der Waals surface area (Å²) in [7, 11) is 0. The molecule has 4 aromatic rings. The summed E-state index contributed by atoms with van der Waals surface area (Å²) in [6.07, 6.45) is 5.09. The van der Waals surface area contributed by atoms with Crippen molar-refractivity contribution in [2.24, 2.45) is 5.92 Å². The number of H-pyrrole nitrogens is 1. The number of anilines is 1. The Labute approximate surface area is 220 Å². The van der Waals surface area contributed by atoms with Crippen LogP contribution in [0.15, 0.2) is 79.3 Å². The number of ketones is 1. The van der Waals surface area contributed by atoms with Crippen molar-refractivity contribution in [3.8, 4) is 5.75 Å². The van der Waals surface area contributed by atoms with Gasteiger partial charge in [0, 0.05) is 29.1 Å². The zero-order valence-corrected chi connectivity index (χ0v) is 21.8. The van der Waals surface area contributed by atoms with Crippen molar-refractivity contribution in [3.05, 3.63) is 90.4 Å². The first kappa shape index (κ1) is 24.9. The van der Waals surface area contributed by atoms with Crippen LogP contribution < -0.4 is 9.04 Å². The van der Waals surface area contributed by atoms with E-state index >= 15 is 0 Å². The molecule has 3 heterocycles. The van der Waals surface area contributed by atoms with Gasteiger partial charge in [0.2, 0.25) is 0 Å². The minimum Gasteiger partial charge on any atom is -0.487 e. The third kappa shape index (κ3) is 5.34. The molecule has 5 rings (SSSR count). The Balaban J connectivity index is 1.44. The van der Waals surface area contributed by atoms with Gasteiger partial charge in [-0.15, -0.1) is 0 Å². The van der Waals surface area contributed by atoms with Crippen molar-refractivity contribution in [2.75, 3.05) is 10.1 Å². The minimum atomic E-state index is -0.775. The zero-order chi connectivity index (χ0) is 26.0. The lowest BCUT2D eigenvalue weighted by molar-refractivity contribution is -0.156. The van der Waals surface area contributed by atoms with E-state index in [0.717, 1.165) is 22.2 Å². The molecule has 0 bridgehead atoms. The van der Waals surface area contributed by atoms with E-state index in [-0.39, 0.29) is 5.78 Å². The summed E-state index contributed by atoms with van der Waals surface area (Å²) in [5.74, 6) is -0.00317. The zero-order valence-electron chi connectivity index (χ0n) is 21.0. The van der Waals surface area contributed by atoms with Crippen LogP contribution in [-0.2, 0) is 16.1 Å². The molecule has 1 saturated heterocycles.